The van der Waals surface area contributed by atoms with E-state index in [4.69, 9.17) is 14.9 Å². The Morgan fingerprint density at radius 1 is 1.20 bits per heavy atom. The first-order chi connectivity index (χ1) is 16.9. The molecular formula is C24H27N5O6. The minimum Gasteiger partial charge on any atom is -0.467 e. The standard InChI is InChI=1S/C24H27N5O6/c1-34-11-9-28-21(25)20(22(31)26-24(28)33)29(13-16-6-3-2-4-7-16)23(32)17-12-19(30)27(14-17)15-18-8-5-10-35-18/h2-8,10,17H,9,11-15,25H2,1H3,(H,26,31,33). The molecule has 0 radical (unpaired) electrons. The molecule has 2 amide bonds. The maximum absolute atomic E-state index is 13.8. The van der Waals surface area contributed by atoms with Gasteiger partial charge in [-0.1, -0.05) is 30.3 Å². The number of nitrogens with zero attached hydrogens (tertiary/aromatic N) is 3. The predicted octanol–water partition coefficient (Wildman–Crippen LogP) is 0.940. The van der Waals surface area contributed by atoms with Gasteiger partial charge < -0.3 is 19.8 Å². The van der Waals surface area contributed by atoms with Crippen molar-refractivity contribution in [3.63, 3.8) is 0 Å². The van der Waals surface area contributed by atoms with Crippen LogP contribution in [0.15, 0.2) is 62.7 Å². The number of ether oxygens (including phenoxy) is 1. The fourth-order valence-corrected chi connectivity index (χ4v) is 4.18. The average molecular weight is 482 g/mol. The highest BCUT2D eigenvalue weighted by atomic mass is 16.5. The van der Waals surface area contributed by atoms with Gasteiger partial charge in [0.25, 0.3) is 5.56 Å². The number of methoxy groups -OCH3 is 1. The molecule has 0 aliphatic carbocycles. The number of amides is 2. The summed E-state index contributed by atoms with van der Waals surface area (Å²) < 4.78 is 11.5. The second-order valence-corrected chi connectivity index (χ2v) is 8.30. The van der Waals surface area contributed by atoms with Crippen LogP contribution in [0.5, 0.6) is 0 Å². The third-order valence-electron chi connectivity index (χ3n) is 5.94. The van der Waals surface area contributed by atoms with Gasteiger partial charge in [-0.05, 0) is 17.7 Å². The van der Waals surface area contributed by atoms with Crippen molar-refractivity contribution in [1.82, 2.24) is 14.5 Å². The number of nitrogens with one attached hydrogen (secondary N) is 1. The van der Waals surface area contributed by atoms with Gasteiger partial charge in [0.15, 0.2) is 5.69 Å². The summed E-state index contributed by atoms with van der Waals surface area (Å²) in [5.74, 6) is -0.848. The molecule has 0 bridgehead atoms. The van der Waals surface area contributed by atoms with Crippen molar-refractivity contribution in [3.05, 3.63) is 80.9 Å². The molecule has 4 rings (SSSR count). The van der Waals surface area contributed by atoms with Gasteiger partial charge in [-0.3, -0.25) is 28.8 Å². The molecule has 1 saturated heterocycles. The number of benzene rings is 1. The Hall–Kier alpha value is -4.12. The van der Waals surface area contributed by atoms with E-state index in [1.54, 1.807) is 17.0 Å². The van der Waals surface area contributed by atoms with Gasteiger partial charge in [-0.25, -0.2) is 4.79 Å². The first kappa shape index (κ1) is 24.0. The van der Waals surface area contributed by atoms with Crippen LogP contribution in [0.25, 0.3) is 0 Å². The molecule has 184 valence electrons. The molecule has 3 N–H and O–H groups in total. The van der Waals surface area contributed by atoms with Crippen molar-refractivity contribution < 1.29 is 18.7 Å². The first-order valence-electron chi connectivity index (χ1n) is 11.2. The number of hydrogen-bond acceptors (Lipinski definition) is 7. The number of H-pyrrole nitrogens is 1. The Morgan fingerprint density at radius 3 is 2.66 bits per heavy atom. The molecule has 0 spiro atoms. The molecule has 2 aromatic heterocycles. The summed E-state index contributed by atoms with van der Waals surface area (Å²) in [4.78, 5) is 56.8. The van der Waals surface area contributed by atoms with Gasteiger partial charge in [0.05, 0.1) is 38.4 Å². The number of anilines is 2. The van der Waals surface area contributed by atoms with E-state index in [9.17, 15) is 19.2 Å². The summed E-state index contributed by atoms with van der Waals surface area (Å²) in [6.07, 6.45) is 1.51. The topological polar surface area (TPSA) is 144 Å². The number of aromatic amines is 1. The lowest BCUT2D eigenvalue weighted by atomic mass is 10.1. The summed E-state index contributed by atoms with van der Waals surface area (Å²) in [5.41, 5.74) is 5.42. The largest absolute Gasteiger partial charge is 0.467 e. The van der Waals surface area contributed by atoms with Crippen LogP contribution in [0.1, 0.15) is 17.7 Å². The van der Waals surface area contributed by atoms with Crippen molar-refractivity contribution >= 4 is 23.3 Å². The van der Waals surface area contributed by atoms with Crippen molar-refractivity contribution in [3.8, 4) is 0 Å². The van der Waals surface area contributed by atoms with E-state index in [0.717, 1.165) is 10.1 Å². The van der Waals surface area contributed by atoms with Crippen LogP contribution >= 0.6 is 0 Å². The molecule has 1 fully saturated rings. The third kappa shape index (κ3) is 5.19. The maximum atomic E-state index is 13.8. The smallest absolute Gasteiger partial charge is 0.330 e. The van der Waals surface area contributed by atoms with Crippen LogP contribution in [0.3, 0.4) is 0 Å². The molecule has 1 aliphatic heterocycles. The molecule has 0 saturated carbocycles. The molecule has 11 heteroatoms. The minimum atomic E-state index is -0.776. The highest BCUT2D eigenvalue weighted by Crippen LogP contribution is 2.27. The Kier molecular flexibility index (Phi) is 7.16. The third-order valence-corrected chi connectivity index (χ3v) is 5.94. The number of carbonyl (C=O) groups excluding carboxylic acids is 2. The molecule has 1 aliphatic rings. The Bertz CT molecular complexity index is 1300. The summed E-state index contributed by atoms with van der Waals surface area (Å²) in [6.45, 7) is 0.736. The number of likely N-dealkylation sites (tertiary alicyclic amines) is 1. The lowest BCUT2D eigenvalue weighted by molar-refractivity contribution is -0.129. The number of nitrogens with two attached hydrogens (primary N) is 1. The highest BCUT2D eigenvalue weighted by molar-refractivity contribution is 6.00. The zero-order valence-corrected chi connectivity index (χ0v) is 19.3. The average Bonchev–Trinajstić information content (AvgIpc) is 3.48. The van der Waals surface area contributed by atoms with Crippen LogP contribution in [0.4, 0.5) is 11.5 Å². The van der Waals surface area contributed by atoms with Crippen molar-refractivity contribution in [2.45, 2.75) is 26.1 Å². The molecular weight excluding hydrogens is 454 g/mol. The molecule has 11 nitrogen and oxygen atoms in total. The number of hydrogen-bond donors (Lipinski definition) is 2. The number of aromatic nitrogens is 2. The van der Waals surface area contributed by atoms with Gasteiger partial charge in [0, 0.05) is 20.1 Å². The van der Waals surface area contributed by atoms with Gasteiger partial charge in [0.2, 0.25) is 11.8 Å². The van der Waals surface area contributed by atoms with E-state index in [0.29, 0.717) is 5.76 Å². The van der Waals surface area contributed by atoms with Crippen molar-refractivity contribution in [1.29, 1.82) is 0 Å². The Labute approximate surface area is 200 Å². The van der Waals surface area contributed by atoms with Crippen molar-refractivity contribution in [2.24, 2.45) is 5.92 Å². The van der Waals surface area contributed by atoms with Crippen LogP contribution in [-0.2, 0) is 34.0 Å². The van der Waals surface area contributed by atoms with E-state index >= 15 is 0 Å². The zero-order chi connectivity index (χ0) is 24.9. The summed E-state index contributed by atoms with van der Waals surface area (Å²) in [6, 6.07) is 12.6. The number of rotatable bonds is 9. The second-order valence-electron chi connectivity index (χ2n) is 8.30. The predicted molar refractivity (Wildman–Crippen MR) is 127 cm³/mol. The molecule has 1 aromatic carbocycles. The maximum Gasteiger partial charge on any atom is 0.330 e. The first-order valence-corrected chi connectivity index (χ1v) is 11.2. The molecule has 35 heavy (non-hydrogen) atoms. The molecule has 3 aromatic rings. The second kappa shape index (κ2) is 10.4. The van der Waals surface area contributed by atoms with Gasteiger partial charge >= 0.3 is 5.69 Å². The van der Waals surface area contributed by atoms with E-state index < -0.39 is 23.1 Å². The van der Waals surface area contributed by atoms with E-state index in [-0.39, 0.29) is 56.6 Å². The highest BCUT2D eigenvalue weighted by Gasteiger charge is 2.38. The monoisotopic (exact) mass is 481 g/mol. The van der Waals surface area contributed by atoms with Crippen molar-refractivity contribution in [2.75, 3.05) is 30.9 Å². The quantitative estimate of drug-likeness (QED) is 0.463. The number of nitrogen functional groups attached to an aromatic ring is 1. The fourth-order valence-electron chi connectivity index (χ4n) is 4.18. The lowest BCUT2D eigenvalue weighted by Gasteiger charge is -2.27. The van der Waals surface area contributed by atoms with E-state index in [1.165, 1.54) is 18.3 Å². The lowest BCUT2D eigenvalue weighted by Crippen LogP contribution is -2.43. The fraction of sp³-hybridized carbons (Fsp3) is 0.333. The van der Waals surface area contributed by atoms with E-state index in [1.807, 2.05) is 30.3 Å². The minimum absolute atomic E-state index is 0.00798. The molecule has 1 atom stereocenters. The van der Waals surface area contributed by atoms with Crippen LogP contribution < -0.4 is 21.9 Å². The Morgan fingerprint density at radius 2 is 1.97 bits per heavy atom. The van der Waals surface area contributed by atoms with Gasteiger partial charge in [-0.2, -0.15) is 0 Å². The summed E-state index contributed by atoms with van der Waals surface area (Å²) in [7, 11) is 1.48. The summed E-state index contributed by atoms with van der Waals surface area (Å²) >= 11 is 0. The molecule has 3 heterocycles. The zero-order valence-electron chi connectivity index (χ0n) is 19.3. The SMILES string of the molecule is COCCn1c(N)c(N(Cc2ccccc2)C(=O)C2CC(=O)N(Cc3ccco3)C2)c(=O)[nH]c1=O. The van der Waals surface area contributed by atoms with E-state index in [2.05, 4.69) is 4.98 Å². The van der Waals surface area contributed by atoms with Crippen LogP contribution in [0, 0.1) is 5.92 Å². The summed E-state index contributed by atoms with van der Waals surface area (Å²) in [5, 5.41) is 0. The van der Waals surface area contributed by atoms with Crippen LogP contribution in [0.2, 0.25) is 0 Å². The van der Waals surface area contributed by atoms with Gasteiger partial charge in [0.1, 0.15) is 11.6 Å². The normalized spacial score (nSPS) is 15.5. The van der Waals surface area contributed by atoms with Gasteiger partial charge in [-0.15, -0.1) is 0 Å². The van der Waals surface area contributed by atoms with Crippen LogP contribution in [-0.4, -0.2) is 46.5 Å². The Balaban J connectivity index is 1.69. The number of carbonyl (C=O) groups is 2. The molecule has 1 unspecified atom stereocenters. The number of furan rings is 1.